The maximum Gasteiger partial charge on any atom is 0.387 e. The molecule has 0 unspecified atom stereocenters. The lowest BCUT2D eigenvalue weighted by Crippen LogP contribution is -2.01. The van der Waals surface area contributed by atoms with Crippen LogP contribution in [-0.2, 0) is 0 Å². The summed E-state index contributed by atoms with van der Waals surface area (Å²) in [4.78, 5) is 0. The Balaban J connectivity index is 2.17. The summed E-state index contributed by atoms with van der Waals surface area (Å²) < 4.78 is 27.8. The average molecular weight is 211 g/mol. The second-order valence-corrected chi connectivity index (χ2v) is 2.61. The Hall–Kier alpha value is -2.05. The number of ether oxygens (including phenoxy) is 1. The van der Waals surface area contributed by atoms with E-state index < -0.39 is 6.61 Å². The van der Waals surface area contributed by atoms with Crippen molar-refractivity contribution in [3.63, 3.8) is 0 Å². The third-order valence-corrected chi connectivity index (χ3v) is 1.66. The summed E-state index contributed by atoms with van der Waals surface area (Å²) in [5.41, 5.74) is 0.640. The molecule has 0 bridgehead atoms. The van der Waals surface area contributed by atoms with Crippen LogP contribution >= 0.6 is 0 Å². The maximum atomic E-state index is 11.8. The van der Waals surface area contributed by atoms with Crippen molar-refractivity contribution in [2.45, 2.75) is 6.61 Å². The van der Waals surface area contributed by atoms with Crippen LogP contribution < -0.4 is 9.84 Å². The van der Waals surface area contributed by atoms with E-state index in [1.165, 1.54) is 12.1 Å². The van der Waals surface area contributed by atoms with Crippen LogP contribution in [0, 0.1) is 0 Å². The predicted octanol–water partition coefficient (Wildman–Crippen LogP) is 1.10. The van der Waals surface area contributed by atoms with Crippen LogP contribution in [0.1, 0.15) is 0 Å². The molecule has 5 nitrogen and oxygen atoms in total. The van der Waals surface area contributed by atoms with Crippen molar-refractivity contribution < 1.29 is 13.5 Å². The number of benzene rings is 1. The van der Waals surface area contributed by atoms with Gasteiger partial charge in [-0.2, -0.15) is 14.0 Å². The molecule has 7 heteroatoms. The van der Waals surface area contributed by atoms with Gasteiger partial charge >= 0.3 is 6.61 Å². The molecule has 0 amide bonds. The first kappa shape index (κ1) is 9.50. The molecule has 78 valence electrons. The molecule has 0 spiro atoms. The van der Waals surface area contributed by atoms with Gasteiger partial charge in [-0.05, 0) is 17.7 Å². The van der Waals surface area contributed by atoms with E-state index in [1.807, 2.05) is 0 Å². The van der Waals surface area contributed by atoms with Crippen molar-refractivity contribution in [1.82, 2.24) is 20.6 Å². The molecule has 1 aromatic carbocycles. The van der Waals surface area contributed by atoms with Crippen LogP contribution in [0.3, 0.4) is 0 Å². The zero-order valence-electron chi connectivity index (χ0n) is 7.34. The zero-order chi connectivity index (χ0) is 10.7. The normalized spacial score (nSPS) is 10.6. The summed E-state index contributed by atoms with van der Waals surface area (Å²) in [6.07, 6.45) is 0. The summed E-state index contributed by atoms with van der Waals surface area (Å²) in [7, 11) is 0. The smallest absolute Gasteiger partial charge is 0.387 e. The Kier molecular flexibility index (Phi) is 2.53. The Bertz CT molecular complexity index is 415. The lowest BCUT2D eigenvalue weighted by molar-refractivity contribution is -0.0498. The van der Waals surface area contributed by atoms with E-state index in [-0.39, 0.29) is 5.75 Å². The van der Waals surface area contributed by atoms with Crippen LogP contribution in [0.25, 0.3) is 11.4 Å². The number of hydrogen-bond acceptors (Lipinski definition) is 4. The first-order valence-corrected chi connectivity index (χ1v) is 3.99. The largest absolute Gasteiger partial charge is 0.435 e. The van der Waals surface area contributed by atoms with Gasteiger partial charge in [0, 0.05) is 5.82 Å². The lowest BCUT2D eigenvalue weighted by Gasteiger charge is -2.05. The summed E-state index contributed by atoms with van der Waals surface area (Å²) in [5.74, 6) is 0.430. The highest BCUT2D eigenvalue weighted by atomic mass is 19.3. The van der Waals surface area contributed by atoms with Gasteiger partial charge in [0.1, 0.15) is 5.75 Å². The Morgan fingerprint density at radius 3 is 2.47 bits per heavy atom. The van der Waals surface area contributed by atoms with Crippen LogP contribution in [0.2, 0.25) is 0 Å². The summed E-state index contributed by atoms with van der Waals surface area (Å²) in [6, 6.07) is 5.91. The maximum absolute atomic E-state index is 11.8. The zero-order valence-corrected chi connectivity index (χ0v) is 7.34. The highest BCUT2D eigenvalue weighted by Gasteiger charge is 2.03. The first-order chi connectivity index (χ1) is 7.25. The van der Waals surface area contributed by atoms with Crippen LogP contribution in [-0.4, -0.2) is 22.1 Å². The van der Waals surface area contributed by atoms with E-state index in [2.05, 4.69) is 25.4 Å². The Labute approximate surface area is 83.1 Å². The number of hydrogen-bond donors (Lipinski definition) is 0. The van der Waals surface area contributed by atoms with Crippen molar-refractivity contribution in [2.75, 3.05) is 0 Å². The fourth-order valence-electron chi connectivity index (χ4n) is 1.05. The quantitative estimate of drug-likeness (QED) is 0.760. The van der Waals surface area contributed by atoms with E-state index in [4.69, 9.17) is 0 Å². The van der Waals surface area contributed by atoms with Gasteiger partial charge in [0.25, 0.3) is 0 Å². The van der Waals surface area contributed by atoms with Crippen molar-refractivity contribution in [3.8, 4) is 17.1 Å². The number of aromatic nitrogens is 4. The van der Waals surface area contributed by atoms with E-state index in [0.717, 1.165) is 0 Å². The molecular weight excluding hydrogens is 206 g/mol. The molecule has 0 saturated carbocycles. The van der Waals surface area contributed by atoms with E-state index in [0.29, 0.717) is 11.4 Å². The topological polar surface area (TPSA) is 62.0 Å². The molecule has 1 heterocycles. The Morgan fingerprint density at radius 1 is 1.20 bits per heavy atom. The van der Waals surface area contributed by atoms with Gasteiger partial charge in [0.2, 0.25) is 0 Å². The number of rotatable bonds is 3. The Morgan fingerprint density at radius 2 is 1.93 bits per heavy atom. The third kappa shape index (κ3) is 2.25. The highest BCUT2D eigenvalue weighted by Crippen LogP contribution is 2.19. The van der Waals surface area contributed by atoms with Crippen LogP contribution in [0.5, 0.6) is 5.75 Å². The fourth-order valence-corrected chi connectivity index (χ4v) is 1.05. The molecule has 1 aromatic heterocycles. The second kappa shape index (κ2) is 3.99. The monoisotopic (exact) mass is 211 g/mol. The van der Waals surface area contributed by atoms with Crippen LogP contribution in [0.4, 0.5) is 8.78 Å². The molecule has 2 aromatic rings. The van der Waals surface area contributed by atoms with Crippen molar-refractivity contribution in [3.05, 3.63) is 24.3 Å². The third-order valence-electron chi connectivity index (χ3n) is 1.66. The van der Waals surface area contributed by atoms with Gasteiger partial charge in [-0.3, -0.25) is 10.3 Å². The SMILES string of the molecule is FC(F)Oc1ccc(-c2nnn[n-]2)cc1. The van der Waals surface area contributed by atoms with Gasteiger partial charge in [-0.15, -0.1) is 0 Å². The molecular formula is C8H5F2N4O-. The molecule has 0 N–H and O–H groups in total. The fraction of sp³-hybridized carbons (Fsp3) is 0.125. The molecule has 0 fully saturated rings. The molecule has 0 radical (unpaired) electrons. The molecule has 0 saturated heterocycles. The number of nitrogens with zero attached hydrogens (tertiary/aromatic N) is 4. The number of alkyl halides is 2. The van der Waals surface area contributed by atoms with Gasteiger partial charge < -0.3 is 9.84 Å². The van der Waals surface area contributed by atoms with Crippen LogP contribution in [0.15, 0.2) is 24.3 Å². The predicted molar refractivity (Wildman–Crippen MR) is 45.2 cm³/mol. The van der Waals surface area contributed by atoms with Crippen molar-refractivity contribution in [1.29, 1.82) is 0 Å². The molecule has 15 heavy (non-hydrogen) atoms. The molecule has 0 aliphatic rings. The number of halogens is 2. The van der Waals surface area contributed by atoms with Gasteiger partial charge in [-0.25, -0.2) is 0 Å². The van der Waals surface area contributed by atoms with Crippen molar-refractivity contribution >= 4 is 0 Å². The lowest BCUT2D eigenvalue weighted by atomic mass is 10.2. The molecule has 0 aliphatic heterocycles. The highest BCUT2D eigenvalue weighted by molar-refractivity contribution is 5.54. The minimum Gasteiger partial charge on any atom is -0.435 e. The summed E-state index contributed by atoms with van der Waals surface area (Å²) in [5, 5.41) is 13.8. The molecule has 0 aliphatic carbocycles. The van der Waals surface area contributed by atoms with E-state index in [1.54, 1.807) is 12.1 Å². The minimum atomic E-state index is -2.82. The van der Waals surface area contributed by atoms with E-state index >= 15 is 0 Å². The summed E-state index contributed by atoms with van der Waals surface area (Å²) in [6.45, 7) is -2.82. The standard InChI is InChI=1S/C8H5F2N4O/c9-8(10)15-6-3-1-5(2-4-6)7-11-13-14-12-7/h1-4,8H/q-1. The molecule has 2 rings (SSSR count). The second-order valence-electron chi connectivity index (χ2n) is 2.61. The average Bonchev–Trinajstić information content (AvgIpc) is 2.71. The van der Waals surface area contributed by atoms with Crippen molar-refractivity contribution in [2.24, 2.45) is 0 Å². The minimum absolute atomic E-state index is 0.0845. The van der Waals surface area contributed by atoms with Gasteiger partial charge in [-0.1, -0.05) is 12.1 Å². The van der Waals surface area contributed by atoms with Gasteiger partial charge in [0.15, 0.2) is 0 Å². The van der Waals surface area contributed by atoms with Gasteiger partial charge in [0.05, 0.1) is 0 Å². The number of tetrazole rings is 1. The van der Waals surface area contributed by atoms with E-state index in [9.17, 15) is 8.78 Å². The summed E-state index contributed by atoms with van der Waals surface area (Å²) >= 11 is 0. The first-order valence-electron chi connectivity index (χ1n) is 3.99. The molecule has 0 atom stereocenters.